The number of amides is 1. The molecule has 0 unspecified atom stereocenters. The predicted molar refractivity (Wildman–Crippen MR) is 134 cm³/mol. The van der Waals surface area contributed by atoms with Crippen LogP contribution in [0, 0.1) is 6.92 Å². The molecule has 4 aromatic rings. The monoisotopic (exact) mass is 454 g/mol. The van der Waals surface area contributed by atoms with Crippen molar-refractivity contribution in [3.8, 4) is 17.0 Å². The van der Waals surface area contributed by atoms with Crippen LogP contribution in [0.4, 0.5) is 17.2 Å². The van der Waals surface area contributed by atoms with Gasteiger partial charge in [0, 0.05) is 23.6 Å². The van der Waals surface area contributed by atoms with Gasteiger partial charge in [0.05, 0.1) is 42.5 Å². The van der Waals surface area contributed by atoms with Crippen LogP contribution in [-0.2, 0) is 0 Å². The van der Waals surface area contributed by atoms with Gasteiger partial charge in [0.1, 0.15) is 11.6 Å². The van der Waals surface area contributed by atoms with Gasteiger partial charge in [-0.15, -0.1) is 0 Å². The minimum absolute atomic E-state index is 0.0806. The Morgan fingerprint density at radius 1 is 1.03 bits per heavy atom. The summed E-state index contributed by atoms with van der Waals surface area (Å²) in [6, 6.07) is 14.9. The van der Waals surface area contributed by atoms with Crippen LogP contribution < -0.4 is 21.1 Å². The topological polar surface area (TPSA) is 115 Å². The van der Waals surface area contributed by atoms with Crippen LogP contribution in [0.3, 0.4) is 0 Å². The molecule has 0 saturated heterocycles. The number of carbonyl (C=O) groups excluding carboxylic acids is 1. The van der Waals surface area contributed by atoms with Gasteiger partial charge in [-0.1, -0.05) is 18.2 Å². The molecule has 0 fully saturated rings. The van der Waals surface area contributed by atoms with Crippen molar-refractivity contribution >= 4 is 23.1 Å². The molecule has 1 amide bonds. The Balaban J connectivity index is 1.48. The van der Waals surface area contributed by atoms with Gasteiger partial charge in [-0.25, -0.2) is 4.98 Å². The summed E-state index contributed by atoms with van der Waals surface area (Å²) in [5, 5.41) is 6.31. The molecule has 0 aliphatic heterocycles. The smallest absolute Gasteiger partial charge is 0.257 e. The number of rotatable bonds is 7. The lowest BCUT2D eigenvalue weighted by Gasteiger charge is -2.17. The molecule has 8 nitrogen and oxygen atoms in total. The summed E-state index contributed by atoms with van der Waals surface area (Å²) in [5.74, 6) is 1.01. The van der Waals surface area contributed by atoms with Crippen LogP contribution in [0.2, 0.25) is 0 Å². The average molecular weight is 455 g/mol. The third-order valence-corrected chi connectivity index (χ3v) is 5.31. The summed E-state index contributed by atoms with van der Waals surface area (Å²) in [6.45, 7) is 3.92. The molecule has 1 atom stereocenters. The van der Waals surface area contributed by atoms with Crippen molar-refractivity contribution < 1.29 is 9.53 Å². The number of pyridine rings is 1. The standard InChI is InChI=1S/C26H26N6O2/c1-16-9-20(13-28-12-16)26(33)31-21-6-4-5-18(10-21)17(2)30-25-15-29-14-23(32-25)19-7-8-22(27)24(11-19)34-3/h4-15,17H,27H2,1-3H3,(H,30,32)(H,31,33)/t17-/m0/s1. The summed E-state index contributed by atoms with van der Waals surface area (Å²) in [6.07, 6.45) is 6.63. The summed E-state index contributed by atoms with van der Waals surface area (Å²) in [7, 11) is 1.58. The molecule has 172 valence electrons. The van der Waals surface area contributed by atoms with E-state index in [0.717, 1.165) is 16.7 Å². The number of nitrogens with zero attached hydrogens (tertiary/aromatic N) is 3. The van der Waals surface area contributed by atoms with Crippen LogP contribution in [0.5, 0.6) is 5.75 Å². The number of ether oxygens (including phenoxy) is 1. The van der Waals surface area contributed by atoms with Gasteiger partial charge in [-0.3, -0.25) is 14.8 Å². The molecule has 4 N–H and O–H groups in total. The minimum atomic E-state index is -0.202. The second-order valence-electron chi connectivity index (χ2n) is 7.94. The number of benzene rings is 2. The molecule has 0 aliphatic rings. The fourth-order valence-electron chi connectivity index (χ4n) is 3.52. The number of hydrogen-bond donors (Lipinski definition) is 3. The highest BCUT2D eigenvalue weighted by Crippen LogP contribution is 2.28. The number of methoxy groups -OCH3 is 1. The highest BCUT2D eigenvalue weighted by Gasteiger charge is 2.12. The SMILES string of the molecule is COc1cc(-c2cncc(N[C@@H](C)c3cccc(NC(=O)c4cncc(C)c4)c3)n2)ccc1N. The zero-order chi connectivity index (χ0) is 24.1. The van der Waals surface area contributed by atoms with Gasteiger partial charge < -0.3 is 21.1 Å². The van der Waals surface area contributed by atoms with Crippen molar-refractivity contribution in [3.05, 3.63) is 90.0 Å². The van der Waals surface area contributed by atoms with Crippen molar-refractivity contribution in [2.75, 3.05) is 23.5 Å². The Labute approximate surface area is 198 Å². The Hall–Kier alpha value is -4.46. The maximum Gasteiger partial charge on any atom is 0.257 e. The van der Waals surface area contributed by atoms with E-state index < -0.39 is 0 Å². The van der Waals surface area contributed by atoms with E-state index in [9.17, 15) is 4.79 Å². The second-order valence-corrected chi connectivity index (χ2v) is 7.94. The van der Waals surface area contributed by atoms with E-state index in [4.69, 9.17) is 10.5 Å². The highest BCUT2D eigenvalue weighted by molar-refractivity contribution is 6.04. The van der Waals surface area contributed by atoms with Gasteiger partial charge in [-0.05, 0) is 55.3 Å². The Morgan fingerprint density at radius 3 is 2.65 bits per heavy atom. The van der Waals surface area contributed by atoms with E-state index in [1.807, 2.05) is 50.2 Å². The fourth-order valence-corrected chi connectivity index (χ4v) is 3.52. The van der Waals surface area contributed by atoms with Crippen molar-refractivity contribution in [3.63, 3.8) is 0 Å². The van der Waals surface area contributed by atoms with Crippen molar-refractivity contribution in [1.82, 2.24) is 15.0 Å². The first-order valence-corrected chi connectivity index (χ1v) is 10.8. The lowest BCUT2D eigenvalue weighted by atomic mass is 10.1. The number of nitrogens with two attached hydrogens (primary N) is 1. The summed E-state index contributed by atoms with van der Waals surface area (Å²) in [4.78, 5) is 25.7. The van der Waals surface area contributed by atoms with E-state index in [0.29, 0.717) is 34.2 Å². The third-order valence-electron chi connectivity index (χ3n) is 5.31. The molecular weight excluding hydrogens is 428 g/mol. The number of hydrogen-bond acceptors (Lipinski definition) is 7. The van der Waals surface area contributed by atoms with Gasteiger partial charge in [0.15, 0.2) is 0 Å². The third kappa shape index (κ3) is 5.29. The average Bonchev–Trinajstić information content (AvgIpc) is 2.84. The molecule has 8 heteroatoms. The number of aryl methyl sites for hydroxylation is 1. The van der Waals surface area contributed by atoms with Crippen molar-refractivity contribution in [2.24, 2.45) is 0 Å². The molecule has 34 heavy (non-hydrogen) atoms. The number of carbonyl (C=O) groups is 1. The van der Waals surface area contributed by atoms with Gasteiger partial charge in [0.2, 0.25) is 0 Å². The molecule has 4 rings (SSSR count). The first kappa shape index (κ1) is 22.7. The lowest BCUT2D eigenvalue weighted by molar-refractivity contribution is 0.102. The van der Waals surface area contributed by atoms with E-state index >= 15 is 0 Å². The van der Waals surface area contributed by atoms with Crippen molar-refractivity contribution in [1.29, 1.82) is 0 Å². The second kappa shape index (κ2) is 9.99. The summed E-state index contributed by atoms with van der Waals surface area (Å²) < 4.78 is 5.31. The van der Waals surface area contributed by atoms with Crippen molar-refractivity contribution in [2.45, 2.75) is 19.9 Å². The van der Waals surface area contributed by atoms with E-state index in [1.54, 1.807) is 44.0 Å². The Bertz CT molecular complexity index is 1320. The van der Waals surface area contributed by atoms with Gasteiger partial charge in [-0.2, -0.15) is 0 Å². The molecule has 2 aromatic heterocycles. The molecule has 0 spiro atoms. The molecule has 2 aromatic carbocycles. The van der Waals surface area contributed by atoms with Gasteiger partial charge >= 0.3 is 0 Å². The quantitative estimate of drug-likeness (QED) is 0.342. The number of nitrogens with one attached hydrogen (secondary N) is 2. The molecule has 2 heterocycles. The summed E-state index contributed by atoms with van der Waals surface area (Å²) in [5.41, 5.74) is 11.2. The van der Waals surface area contributed by atoms with E-state index in [1.165, 1.54) is 0 Å². The first-order valence-electron chi connectivity index (χ1n) is 10.8. The highest BCUT2D eigenvalue weighted by atomic mass is 16.5. The fraction of sp³-hybridized carbons (Fsp3) is 0.154. The minimum Gasteiger partial charge on any atom is -0.495 e. The maximum absolute atomic E-state index is 12.6. The number of aromatic nitrogens is 3. The van der Waals surface area contributed by atoms with Crippen LogP contribution in [0.25, 0.3) is 11.3 Å². The number of anilines is 3. The zero-order valence-electron chi connectivity index (χ0n) is 19.2. The summed E-state index contributed by atoms with van der Waals surface area (Å²) >= 11 is 0. The van der Waals surface area contributed by atoms with Crippen LogP contribution in [0.15, 0.2) is 73.3 Å². The predicted octanol–water partition coefficient (Wildman–Crippen LogP) is 4.86. The molecule has 0 saturated carbocycles. The Kier molecular flexibility index (Phi) is 6.68. The van der Waals surface area contributed by atoms with Gasteiger partial charge in [0.25, 0.3) is 5.91 Å². The van der Waals surface area contributed by atoms with E-state index in [2.05, 4.69) is 25.6 Å². The largest absolute Gasteiger partial charge is 0.495 e. The molecule has 0 radical (unpaired) electrons. The number of nitrogen functional groups attached to an aromatic ring is 1. The molecule has 0 bridgehead atoms. The first-order chi connectivity index (χ1) is 16.4. The van der Waals surface area contributed by atoms with Crippen LogP contribution in [-0.4, -0.2) is 28.0 Å². The maximum atomic E-state index is 12.6. The normalized spacial score (nSPS) is 11.5. The van der Waals surface area contributed by atoms with E-state index in [-0.39, 0.29) is 11.9 Å². The lowest BCUT2D eigenvalue weighted by Crippen LogP contribution is -2.13. The molecule has 0 aliphatic carbocycles. The molecular formula is C26H26N6O2. The van der Waals surface area contributed by atoms with Crippen LogP contribution >= 0.6 is 0 Å². The Morgan fingerprint density at radius 2 is 1.85 bits per heavy atom. The van der Waals surface area contributed by atoms with Crippen LogP contribution in [0.1, 0.15) is 34.5 Å². The zero-order valence-corrected chi connectivity index (χ0v) is 19.2.